The van der Waals surface area contributed by atoms with E-state index in [4.69, 9.17) is 14.5 Å². The minimum absolute atomic E-state index is 0.0593. The van der Waals surface area contributed by atoms with E-state index in [0.717, 1.165) is 18.9 Å². The summed E-state index contributed by atoms with van der Waals surface area (Å²) in [4.78, 5) is 21.8. The highest BCUT2D eigenvalue weighted by molar-refractivity contribution is 5.69. The lowest BCUT2D eigenvalue weighted by molar-refractivity contribution is -0.137. The number of rotatable bonds is 7. The molecule has 0 atom stereocenters. The number of alkyl halides is 3. The van der Waals surface area contributed by atoms with Crippen LogP contribution in [0.2, 0.25) is 0 Å². The van der Waals surface area contributed by atoms with Crippen molar-refractivity contribution in [1.82, 2.24) is 15.0 Å². The van der Waals surface area contributed by atoms with Crippen LogP contribution < -0.4 is 9.80 Å². The van der Waals surface area contributed by atoms with Crippen LogP contribution in [0.15, 0.2) is 23.3 Å². The van der Waals surface area contributed by atoms with E-state index in [-0.39, 0.29) is 17.7 Å². The molecule has 2 aromatic rings. The molecule has 0 radical (unpaired) electrons. The Morgan fingerprint density at radius 1 is 1.00 bits per heavy atom. The van der Waals surface area contributed by atoms with E-state index in [1.165, 1.54) is 6.20 Å². The van der Waals surface area contributed by atoms with Crippen molar-refractivity contribution in [2.24, 2.45) is 4.99 Å². The third-order valence-electron chi connectivity index (χ3n) is 5.87. The van der Waals surface area contributed by atoms with Crippen molar-refractivity contribution < 1.29 is 22.6 Å². The predicted molar refractivity (Wildman–Crippen MR) is 128 cm³/mol. The minimum Gasteiger partial charge on any atom is -0.380 e. The summed E-state index contributed by atoms with van der Waals surface area (Å²) in [5.41, 5.74) is -0.305. The van der Waals surface area contributed by atoms with Crippen molar-refractivity contribution in [3.8, 4) is 11.3 Å². The number of nitrogens with zero attached hydrogens (tertiary/aromatic N) is 6. The molecular weight excluding hydrogens is 461 g/mol. The summed E-state index contributed by atoms with van der Waals surface area (Å²) >= 11 is 0. The molecule has 0 amide bonds. The first-order valence-corrected chi connectivity index (χ1v) is 12.0. The third-order valence-corrected chi connectivity index (χ3v) is 5.87. The van der Waals surface area contributed by atoms with Gasteiger partial charge in [0, 0.05) is 75.5 Å². The van der Waals surface area contributed by atoms with E-state index in [0.29, 0.717) is 76.6 Å². The van der Waals surface area contributed by atoms with Gasteiger partial charge in [0.2, 0.25) is 5.95 Å². The molecule has 0 spiro atoms. The molecule has 0 aromatic carbocycles. The van der Waals surface area contributed by atoms with Gasteiger partial charge in [-0.25, -0.2) is 4.98 Å². The van der Waals surface area contributed by atoms with Crippen LogP contribution in [0.4, 0.5) is 24.9 Å². The summed E-state index contributed by atoms with van der Waals surface area (Å²) in [5, 5.41) is 0. The Labute approximate surface area is 203 Å². The van der Waals surface area contributed by atoms with Crippen molar-refractivity contribution >= 4 is 18.0 Å². The molecule has 0 saturated carbocycles. The molecule has 2 fully saturated rings. The van der Waals surface area contributed by atoms with Crippen LogP contribution >= 0.6 is 0 Å². The summed E-state index contributed by atoms with van der Waals surface area (Å²) in [7, 11) is 0. The van der Waals surface area contributed by atoms with E-state index in [1.807, 2.05) is 16.7 Å². The Balaban J connectivity index is 1.75. The first-order chi connectivity index (χ1) is 17.0. The largest absolute Gasteiger partial charge is 0.417 e. The fourth-order valence-electron chi connectivity index (χ4n) is 4.03. The number of morpholine rings is 1. The Morgan fingerprint density at radius 3 is 2.49 bits per heavy atom. The topological polar surface area (TPSA) is 76.0 Å². The zero-order valence-corrected chi connectivity index (χ0v) is 19.9. The van der Waals surface area contributed by atoms with Gasteiger partial charge in [0.25, 0.3) is 0 Å². The van der Waals surface area contributed by atoms with Gasteiger partial charge in [0.05, 0.1) is 31.1 Å². The summed E-state index contributed by atoms with van der Waals surface area (Å²) < 4.78 is 53.5. The minimum atomic E-state index is -4.56. The first kappa shape index (κ1) is 25.3. The van der Waals surface area contributed by atoms with Crippen LogP contribution in [0.25, 0.3) is 11.3 Å². The van der Waals surface area contributed by atoms with Crippen LogP contribution in [0.5, 0.6) is 0 Å². The molecular formula is C24H31F3N6O2. The maximum absolute atomic E-state index is 14.2. The van der Waals surface area contributed by atoms with E-state index in [2.05, 4.69) is 15.0 Å². The van der Waals surface area contributed by atoms with Crippen LogP contribution in [0.1, 0.15) is 31.0 Å². The normalized spacial score (nSPS) is 17.7. The van der Waals surface area contributed by atoms with Gasteiger partial charge >= 0.3 is 6.18 Å². The molecule has 0 bridgehead atoms. The Morgan fingerprint density at radius 2 is 1.74 bits per heavy atom. The van der Waals surface area contributed by atoms with E-state index >= 15 is 0 Å². The highest BCUT2D eigenvalue weighted by Crippen LogP contribution is 2.38. The summed E-state index contributed by atoms with van der Waals surface area (Å²) in [5.74, 6) is 0.987. The second-order valence-corrected chi connectivity index (χ2v) is 8.48. The number of aromatic nitrogens is 3. The molecule has 2 aliphatic rings. The smallest absolute Gasteiger partial charge is 0.380 e. The van der Waals surface area contributed by atoms with Gasteiger partial charge in [-0.2, -0.15) is 18.2 Å². The van der Waals surface area contributed by atoms with E-state index < -0.39 is 11.7 Å². The van der Waals surface area contributed by atoms with Gasteiger partial charge in [-0.05, 0) is 18.9 Å². The number of hydrogen-bond donors (Lipinski definition) is 0. The second-order valence-electron chi connectivity index (χ2n) is 8.48. The van der Waals surface area contributed by atoms with Gasteiger partial charge in [-0.15, -0.1) is 0 Å². The molecule has 2 aliphatic heterocycles. The highest BCUT2D eigenvalue weighted by atomic mass is 19.4. The highest BCUT2D eigenvalue weighted by Gasteiger charge is 2.35. The Bertz CT molecular complexity index is 1000. The van der Waals surface area contributed by atoms with E-state index in [1.54, 1.807) is 12.3 Å². The number of halogens is 3. The molecule has 4 heterocycles. The van der Waals surface area contributed by atoms with Crippen molar-refractivity contribution in [3.63, 3.8) is 0 Å². The van der Waals surface area contributed by atoms with Gasteiger partial charge in [-0.3, -0.25) is 9.98 Å². The first-order valence-electron chi connectivity index (χ1n) is 12.0. The standard InChI is InChI=1S/C24H31F3N6O2/c1-2-5-28-6-4-18-15-20(24(25,26)27)19(17-29-18)21-16-22(32-7-3-11-34-12-8-32)31-23(30-21)33-9-13-35-14-10-33/h6,15-17H,2-5,7-14H2,1H3. The fourth-order valence-corrected chi connectivity index (χ4v) is 4.03. The Hall–Kier alpha value is -2.79. The maximum atomic E-state index is 14.2. The van der Waals surface area contributed by atoms with Crippen LogP contribution in [-0.2, 0) is 22.1 Å². The maximum Gasteiger partial charge on any atom is 0.417 e. The van der Waals surface area contributed by atoms with Crippen molar-refractivity contribution in [2.45, 2.75) is 32.4 Å². The van der Waals surface area contributed by atoms with E-state index in [9.17, 15) is 13.2 Å². The average Bonchev–Trinajstić information content (AvgIpc) is 3.16. The van der Waals surface area contributed by atoms with Crippen molar-refractivity contribution in [1.29, 1.82) is 0 Å². The van der Waals surface area contributed by atoms with Crippen molar-refractivity contribution in [2.75, 3.05) is 69.0 Å². The lowest BCUT2D eigenvalue weighted by Crippen LogP contribution is -2.38. The van der Waals surface area contributed by atoms with Gasteiger partial charge in [0.1, 0.15) is 5.82 Å². The fraction of sp³-hybridized carbons (Fsp3) is 0.583. The Kier molecular flexibility index (Phi) is 8.50. The number of pyridine rings is 1. The zero-order valence-electron chi connectivity index (χ0n) is 19.9. The molecule has 0 N–H and O–H groups in total. The van der Waals surface area contributed by atoms with Gasteiger partial charge in [-0.1, -0.05) is 6.92 Å². The summed E-state index contributed by atoms with van der Waals surface area (Å²) in [6.07, 6.45) is 0.260. The monoisotopic (exact) mass is 492 g/mol. The van der Waals surface area contributed by atoms with Crippen LogP contribution in [0.3, 0.4) is 0 Å². The molecule has 8 nitrogen and oxygen atoms in total. The molecule has 11 heteroatoms. The predicted octanol–water partition coefficient (Wildman–Crippen LogP) is 3.64. The number of aliphatic imine (C=N–C) groups is 1. The van der Waals surface area contributed by atoms with Gasteiger partial charge < -0.3 is 19.3 Å². The number of hydrogen-bond acceptors (Lipinski definition) is 8. The zero-order chi connectivity index (χ0) is 24.7. The van der Waals surface area contributed by atoms with Gasteiger partial charge in [0.15, 0.2) is 0 Å². The molecule has 2 aromatic heterocycles. The number of ether oxygens (including phenoxy) is 2. The average molecular weight is 493 g/mol. The second kappa shape index (κ2) is 11.8. The van der Waals surface area contributed by atoms with Crippen LogP contribution in [-0.4, -0.2) is 80.3 Å². The molecule has 2 saturated heterocycles. The molecule has 35 heavy (non-hydrogen) atoms. The van der Waals surface area contributed by atoms with Crippen molar-refractivity contribution in [3.05, 3.63) is 29.6 Å². The lowest BCUT2D eigenvalue weighted by Gasteiger charge is -2.29. The third kappa shape index (κ3) is 6.66. The summed E-state index contributed by atoms with van der Waals surface area (Å²) in [6.45, 7) is 7.32. The lowest BCUT2D eigenvalue weighted by atomic mass is 10.0. The number of anilines is 2. The molecule has 0 unspecified atom stereocenters. The quantitative estimate of drug-likeness (QED) is 0.546. The van der Waals surface area contributed by atoms with Crippen LogP contribution in [0, 0.1) is 0 Å². The SMILES string of the molecule is CCCN=CCc1cc(C(F)(F)F)c(-c2cc(N3CCCOCC3)nc(N3CCOCC3)n2)cn1. The molecule has 0 aliphatic carbocycles. The molecule has 4 rings (SSSR count). The molecule has 190 valence electrons. The summed E-state index contributed by atoms with van der Waals surface area (Å²) in [6, 6.07) is 2.73.